The molecule has 0 amide bonds. The molecule has 4 heterocycles. The van der Waals surface area contributed by atoms with Gasteiger partial charge in [0.05, 0.1) is 29.5 Å². The van der Waals surface area contributed by atoms with E-state index in [4.69, 9.17) is 24.1 Å². The van der Waals surface area contributed by atoms with E-state index in [1.54, 1.807) is 28.6 Å². The van der Waals surface area contributed by atoms with Crippen LogP contribution in [0, 0.1) is 11.6 Å². The van der Waals surface area contributed by atoms with E-state index in [0.717, 1.165) is 18.5 Å². The number of rotatable bonds is 6. The number of piperazine rings is 1. The van der Waals surface area contributed by atoms with Crippen LogP contribution in [0.2, 0.25) is 0 Å². The Kier molecular flexibility index (Phi) is 8.60. The van der Waals surface area contributed by atoms with Gasteiger partial charge in [-0.1, -0.05) is 12.1 Å². The predicted molar refractivity (Wildman–Crippen MR) is 151 cm³/mol. The average Bonchev–Trinajstić information content (AvgIpc) is 3.55. The van der Waals surface area contributed by atoms with Crippen LogP contribution < -0.4 is 9.64 Å². The number of sulfonamides is 1. The van der Waals surface area contributed by atoms with Crippen molar-refractivity contribution in [3.05, 3.63) is 42.0 Å². The van der Waals surface area contributed by atoms with Crippen LogP contribution in [0.25, 0.3) is 22.2 Å². The summed E-state index contributed by atoms with van der Waals surface area (Å²) in [5.74, 6) is -4.31. The lowest BCUT2D eigenvalue weighted by molar-refractivity contribution is -0.192. The summed E-state index contributed by atoms with van der Waals surface area (Å²) in [7, 11) is -3.19. The molecule has 46 heavy (non-hydrogen) atoms. The zero-order valence-corrected chi connectivity index (χ0v) is 24.7. The number of H-pyrrole nitrogens is 1. The molecule has 1 aromatic heterocycles. The monoisotopic (exact) mass is 676 g/mol. The van der Waals surface area contributed by atoms with Crippen molar-refractivity contribution in [2.24, 2.45) is 0 Å². The Hall–Kier alpha value is -3.58. The quantitative estimate of drug-likeness (QED) is 0.332. The van der Waals surface area contributed by atoms with E-state index >= 15 is 8.78 Å². The van der Waals surface area contributed by atoms with E-state index in [-0.39, 0.29) is 41.1 Å². The molecule has 4 aliphatic rings. The number of alkyl halides is 3. The molecule has 1 aliphatic carbocycles. The lowest BCUT2D eigenvalue weighted by atomic mass is 10.0. The largest absolute Gasteiger partial charge is 0.490 e. The second-order valence-electron chi connectivity index (χ2n) is 11.3. The van der Waals surface area contributed by atoms with Crippen LogP contribution in [-0.4, -0.2) is 114 Å². The summed E-state index contributed by atoms with van der Waals surface area (Å²) < 4.78 is 106. The second-order valence-corrected chi connectivity index (χ2v) is 13.5. The maximum Gasteiger partial charge on any atom is 0.490 e. The number of carboxylic acid groups (broad SMARTS) is 1. The average molecular weight is 677 g/mol. The zero-order chi connectivity index (χ0) is 33.0. The molecule has 3 aromatic rings. The highest BCUT2D eigenvalue weighted by atomic mass is 32.2. The Morgan fingerprint density at radius 3 is 2.26 bits per heavy atom. The first kappa shape index (κ1) is 32.4. The number of hydrogen-bond acceptors (Lipinski definition) is 9. The number of halogens is 5. The molecule has 3 saturated heterocycles. The summed E-state index contributed by atoms with van der Waals surface area (Å²) in [5, 5.41) is 16.8. The Balaban J connectivity index is 0.000000480. The molecule has 2 aromatic carbocycles. The smallest absolute Gasteiger partial charge is 0.475 e. The van der Waals surface area contributed by atoms with Crippen LogP contribution in [0.5, 0.6) is 6.01 Å². The number of aromatic amines is 1. The molecule has 1 saturated carbocycles. The minimum Gasteiger partial charge on any atom is -0.475 e. The summed E-state index contributed by atoms with van der Waals surface area (Å²) in [4.78, 5) is 18.0. The van der Waals surface area contributed by atoms with Crippen molar-refractivity contribution in [2.75, 3.05) is 44.3 Å². The minimum atomic E-state index is -5.08. The lowest BCUT2D eigenvalue weighted by Gasteiger charge is -2.35. The summed E-state index contributed by atoms with van der Waals surface area (Å²) >= 11 is 0. The van der Waals surface area contributed by atoms with Crippen LogP contribution in [0.3, 0.4) is 0 Å². The molecule has 0 bridgehead atoms. The van der Waals surface area contributed by atoms with Gasteiger partial charge in [0.25, 0.3) is 6.01 Å². The summed E-state index contributed by atoms with van der Waals surface area (Å²) in [6.45, 7) is 2.27. The third-order valence-electron chi connectivity index (χ3n) is 8.20. The van der Waals surface area contributed by atoms with Crippen molar-refractivity contribution >= 4 is 32.7 Å². The Labute approximate surface area is 258 Å². The Bertz CT molecular complexity index is 1710. The number of aromatic nitrogens is 2. The molecule has 4 fully saturated rings. The van der Waals surface area contributed by atoms with Gasteiger partial charge in [0.15, 0.2) is 11.9 Å². The number of carbonyl (C=O) groups is 1. The highest BCUT2D eigenvalue weighted by molar-refractivity contribution is 7.90. The van der Waals surface area contributed by atoms with E-state index in [9.17, 15) is 26.7 Å². The molecule has 0 unspecified atom stereocenters. The first-order valence-corrected chi connectivity index (χ1v) is 15.8. The van der Waals surface area contributed by atoms with Gasteiger partial charge in [-0.2, -0.15) is 22.5 Å². The molecule has 0 spiro atoms. The highest BCUT2D eigenvalue weighted by Gasteiger charge is 2.49. The van der Waals surface area contributed by atoms with Crippen molar-refractivity contribution in [3.8, 4) is 17.1 Å². The fourth-order valence-electron chi connectivity index (χ4n) is 5.68. The van der Waals surface area contributed by atoms with Gasteiger partial charge in [0, 0.05) is 37.9 Å². The maximum absolute atomic E-state index is 15.6. The topological polar surface area (TPSA) is 155 Å². The molecular weight excluding hydrogens is 647 g/mol. The molecule has 12 nitrogen and oxygen atoms in total. The van der Waals surface area contributed by atoms with Gasteiger partial charge in [-0.05, 0) is 30.5 Å². The van der Waals surface area contributed by atoms with Gasteiger partial charge in [0.1, 0.15) is 29.6 Å². The zero-order valence-electron chi connectivity index (χ0n) is 23.9. The summed E-state index contributed by atoms with van der Waals surface area (Å²) in [6, 6.07) is 8.07. The van der Waals surface area contributed by atoms with Crippen LogP contribution in [0.4, 0.5) is 27.6 Å². The highest BCUT2D eigenvalue weighted by Crippen LogP contribution is 2.35. The Morgan fingerprint density at radius 2 is 1.65 bits per heavy atom. The number of ether oxygens (including phenoxy) is 3. The first-order valence-electron chi connectivity index (χ1n) is 14.3. The fraction of sp³-hybridized carbons (Fsp3) is 0.500. The SMILES string of the molecule is O=C(O)C(F)(F)F.O=S(=O)(C1CC1)N1CCN(c2ccc(-c3c(F)cc4[nH]c(O[C@@H]5CO[C@H]6[C@@H]5OC[C@H]6O)nc4c3F)cc2)CC1. The lowest BCUT2D eigenvalue weighted by Crippen LogP contribution is -2.49. The number of fused-ring (bicyclic) bond motifs is 2. The number of imidazole rings is 1. The molecule has 4 atom stereocenters. The second kappa shape index (κ2) is 12.2. The predicted octanol–water partition coefficient (Wildman–Crippen LogP) is 2.66. The van der Waals surface area contributed by atoms with Gasteiger partial charge in [-0.3, -0.25) is 0 Å². The van der Waals surface area contributed by atoms with Gasteiger partial charge < -0.3 is 34.3 Å². The number of aliphatic hydroxyl groups excluding tert-OH is 1. The number of benzene rings is 2. The van der Waals surface area contributed by atoms with E-state index in [1.807, 2.05) is 0 Å². The third-order valence-corrected chi connectivity index (χ3v) is 10.6. The first-order chi connectivity index (χ1) is 21.7. The molecule has 18 heteroatoms. The maximum atomic E-state index is 15.6. The Morgan fingerprint density at radius 1 is 1.02 bits per heavy atom. The molecule has 0 radical (unpaired) electrons. The van der Waals surface area contributed by atoms with E-state index in [1.165, 1.54) is 6.07 Å². The van der Waals surface area contributed by atoms with Crippen molar-refractivity contribution in [1.29, 1.82) is 0 Å². The van der Waals surface area contributed by atoms with Crippen molar-refractivity contribution < 1.29 is 59.6 Å². The standard InChI is InChI=1S/C26H28F2N4O6S.C2HF3O2/c27-17-11-18-23(30-26(29-18)38-20-13-37-24-19(33)12-36-25(20)24)22(28)21(17)14-1-3-15(4-2-14)31-7-9-32(10-8-31)39(34,35)16-5-6-16;3-2(4,5)1(6)7/h1-4,11,16,19-20,24-25,33H,5-10,12-13H2,(H,29,30);(H,6,7)/t19-,20-,24-,25-;/m1./s1. The van der Waals surface area contributed by atoms with Crippen molar-refractivity contribution in [2.45, 2.75) is 48.7 Å². The molecule has 250 valence electrons. The number of nitrogens with zero attached hydrogens (tertiary/aromatic N) is 3. The molecule has 3 aliphatic heterocycles. The number of nitrogens with one attached hydrogen (secondary N) is 1. The van der Waals surface area contributed by atoms with Crippen LogP contribution in [0.15, 0.2) is 30.3 Å². The number of hydrogen-bond donors (Lipinski definition) is 3. The third kappa shape index (κ3) is 6.35. The number of aliphatic hydroxyl groups is 1. The van der Waals surface area contributed by atoms with Gasteiger partial charge in [-0.25, -0.2) is 22.0 Å². The van der Waals surface area contributed by atoms with E-state index in [0.29, 0.717) is 31.7 Å². The molecule has 3 N–H and O–H groups in total. The number of aliphatic carboxylic acids is 1. The van der Waals surface area contributed by atoms with Gasteiger partial charge >= 0.3 is 12.1 Å². The normalized spacial score (nSPS) is 25.3. The van der Waals surface area contributed by atoms with Crippen LogP contribution >= 0.6 is 0 Å². The van der Waals surface area contributed by atoms with E-state index in [2.05, 4.69) is 14.9 Å². The molecule has 7 rings (SSSR count). The summed E-state index contributed by atoms with van der Waals surface area (Å²) in [5.41, 5.74) is 1.12. The molecular formula is C28H29F5N4O8S. The minimum absolute atomic E-state index is 0.0119. The van der Waals surface area contributed by atoms with E-state index < -0.39 is 58.2 Å². The number of anilines is 1. The summed E-state index contributed by atoms with van der Waals surface area (Å²) in [6.07, 6.45) is -5.81. The fourth-order valence-corrected chi connectivity index (χ4v) is 7.51. The van der Waals surface area contributed by atoms with Crippen molar-refractivity contribution in [1.82, 2.24) is 14.3 Å². The van der Waals surface area contributed by atoms with Crippen LogP contribution in [0.1, 0.15) is 12.8 Å². The van der Waals surface area contributed by atoms with Gasteiger partial charge in [0.2, 0.25) is 10.0 Å². The van der Waals surface area contributed by atoms with Gasteiger partial charge in [-0.15, -0.1) is 0 Å². The van der Waals surface area contributed by atoms with Crippen molar-refractivity contribution in [3.63, 3.8) is 0 Å². The number of carboxylic acids is 1. The van der Waals surface area contributed by atoms with Crippen LogP contribution in [-0.2, 0) is 24.3 Å².